The maximum Gasteiger partial charge on any atom is 0.255 e. The molecule has 2 aliphatic rings. The summed E-state index contributed by atoms with van der Waals surface area (Å²) >= 11 is 6.03. The molecule has 5 rings (SSSR count). The third kappa shape index (κ3) is 3.47. The molecule has 30 heavy (non-hydrogen) atoms. The Morgan fingerprint density at radius 2 is 1.90 bits per heavy atom. The summed E-state index contributed by atoms with van der Waals surface area (Å²) < 4.78 is 29.4. The Bertz CT molecular complexity index is 1110. The van der Waals surface area contributed by atoms with Gasteiger partial charge in [0.2, 0.25) is 18.5 Å². The van der Waals surface area contributed by atoms with E-state index in [1.165, 1.54) is 12.1 Å². The van der Waals surface area contributed by atoms with Crippen LogP contribution >= 0.6 is 11.6 Å². The molecule has 2 aromatic carbocycles. The van der Waals surface area contributed by atoms with Crippen LogP contribution in [0.2, 0.25) is 5.02 Å². The number of nitrogens with zero attached hydrogens (tertiary/aromatic N) is 3. The number of hydrogen-bond acceptors (Lipinski definition) is 6. The molecule has 3 heterocycles. The van der Waals surface area contributed by atoms with Gasteiger partial charge in [0.05, 0.1) is 10.6 Å². The second kappa shape index (κ2) is 7.60. The lowest BCUT2D eigenvalue weighted by atomic mass is 9.96. The summed E-state index contributed by atoms with van der Waals surface area (Å²) in [5.74, 6) is 1.78. The number of rotatable bonds is 3. The molecule has 0 N–H and O–H groups in total. The van der Waals surface area contributed by atoms with Gasteiger partial charge in [0.1, 0.15) is 5.82 Å². The van der Waals surface area contributed by atoms with Gasteiger partial charge in [0, 0.05) is 24.6 Å². The fourth-order valence-corrected chi connectivity index (χ4v) is 3.96. The number of hydrogen-bond donors (Lipinski definition) is 0. The standard InChI is InChI=1S/C21H17ClFN3O4/c22-16-10-14(23)2-3-15(16)21(27)26-7-5-12(6-8-26)20-24-19(25-30-20)13-1-4-17-18(9-13)29-11-28-17/h1-4,9-10,12H,5-8,11H2. The van der Waals surface area contributed by atoms with Crippen molar-refractivity contribution in [2.75, 3.05) is 19.9 Å². The maximum atomic E-state index is 13.2. The van der Waals surface area contributed by atoms with Crippen LogP contribution in [0.1, 0.15) is 35.0 Å². The predicted octanol–water partition coefficient (Wildman–Crippen LogP) is 4.28. The number of fused-ring (bicyclic) bond motifs is 1. The third-order valence-corrected chi connectivity index (χ3v) is 5.68. The number of halogens is 2. The smallest absolute Gasteiger partial charge is 0.255 e. The second-order valence-corrected chi connectivity index (χ2v) is 7.62. The molecule has 154 valence electrons. The number of aromatic nitrogens is 2. The molecule has 0 saturated carbocycles. The molecule has 0 unspecified atom stereocenters. The van der Waals surface area contributed by atoms with Crippen molar-refractivity contribution >= 4 is 17.5 Å². The number of carbonyl (C=O) groups excluding carboxylic acids is 1. The summed E-state index contributed by atoms with van der Waals surface area (Å²) in [5.41, 5.74) is 1.09. The first kappa shape index (κ1) is 18.9. The monoisotopic (exact) mass is 429 g/mol. The van der Waals surface area contributed by atoms with Crippen molar-refractivity contribution in [3.8, 4) is 22.9 Å². The van der Waals surface area contributed by atoms with E-state index in [1.807, 2.05) is 18.2 Å². The number of amides is 1. The van der Waals surface area contributed by atoms with Crippen LogP contribution < -0.4 is 9.47 Å². The lowest BCUT2D eigenvalue weighted by Gasteiger charge is -2.30. The number of piperidine rings is 1. The normalized spacial score (nSPS) is 16.1. The Labute approximate surface area is 176 Å². The first-order chi connectivity index (χ1) is 14.6. The molecule has 1 amide bonds. The molecule has 0 bridgehead atoms. The second-order valence-electron chi connectivity index (χ2n) is 7.21. The molecule has 0 atom stereocenters. The van der Waals surface area contributed by atoms with Crippen molar-refractivity contribution in [1.82, 2.24) is 15.0 Å². The molecular weight excluding hydrogens is 413 g/mol. The number of benzene rings is 2. The Morgan fingerprint density at radius 3 is 2.70 bits per heavy atom. The van der Waals surface area contributed by atoms with Crippen LogP contribution in [0.4, 0.5) is 4.39 Å². The summed E-state index contributed by atoms with van der Waals surface area (Å²) in [6.45, 7) is 1.26. The highest BCUT2D eigenvalue weighted by atomic mass is 35.5. The minimum absolute atomic E-state index is 0.0630. The van der Waals surface area contributed by atoms with Crippen LogP contribution in [0.15, 0.2) is 40.9 Å². The molecule has 1 aromatic heterocycles. The molecule has 3 aromatic rings. The summed E-state index contributed by atoms with van der Waals surface area (Å²) in [7, 11) is 0. The van der Waals surface area contributed by atoms with Gasteiger partial charge in [0.15, 0.2) is 11.5 Å². The average Bonchev–Trinajstić information content (AvgIpc) is 3.42. The van der Waals surface area contributed by atoms with E-state index < -0.39 is 5.82 Å². The molecule has 0 radical (unpaired) electrons. The highest BCUT2D eigenvalue weighted by molar-refractivity contribution is 6.33. The molecule has 0 aliphatic carbocycles. The number of carbonyl (C=O) groups is 1. The van der Waals surface area contributed by atoms with Gasteiger partial charge in [-0.3, -0.25) is 4.79 Å². The summed E-state index contributed by atoms with van der Waals surface area (Å²) in [6.07, 6.45) is 1.38. The van der Waals surface area contributed by atoms with Crippen molar-refractivity contribution in [2.45, 2.75) is 18.8 Å². The van der Waals surface area contributed by atoms with Gasteiger partial charge in [-0.2, -0.15) is 4.98 Å². The number of ether oxygens (including phenoxy) is 2. The largest absolute Gasteiger partial charge is 0.454 e. The van der Waals surface area contributed by atoms with Crippen LogP contribution in [0.5, 0.6) is 11.5 Å². The SMILES string of the molecule is O=C(c1ccc(F)cc1Cl)N1CCC(c2nc(-c3ccc4c(c3)OCO4)no2)CC1. The Balaban J connectivity index is 1.25. The molecule has 0 spiro atoms. The van der Waals surface area contributed by atoms with Crippen molar-refractivity contribution in [2.24, 2.45) is 0 Å². The van der Waals surface area contributed by atoms with Gasteiger partial charge >= 0.3 is 0 Å². The minimum Gasteiger partial charge on any atom is -0.454 e. The summed E-state index contributed by atoms with van der Waals surface area (Å²) in [6, 6.07) is 9.31. The van der Waals surface area contributed by atoms with E-state index >= 15 is 0 Å². The van der Waals surface area contributed by atoms with E-state index in [0.717, 1.165) is 11.6 Å². The average molecular weight is 430 g/mol. The summed E-state index contributed by atoms with van der Waals surface area (Å²) in [4.78, 5) is 19.0. The van der Waals surface area contributed by atoms with Crippen LogP contribution in [0.25, 0.3) is 11.4 Å². The highest BCUT2D eigenvalue weighted by Gasteiger charge is 2.29. The van der Waals surface area contributed by atoms with Gasteiger partial charge in [0.25, 0.3) is 5.91 Å². The van der Waals surface area contributed by atoms with E-state index in [9.17, 15) is 9.18 Å². The van der Waals surface area contributed by atoms with Gasteiger partial charge in [-0.05, 0) is 49.2 Å². The third-order valence-electron chi connectivity index (χ3n) is 5.37. The Morgan fingerprint density at radius 1 is 1.10 bits per heavy atom. The van der Waals surface area contributed by atoms with E-state index in [1.54, 1.807) is 4.90 Å². The van der Waals surface area contributed by atoms with Crippen LogP contribution in [-0.4, -0.2) is 40.8 Å². The zero-order valence-electron chi connectivity index (χ0n) is 15.8. The lowest BCUT2D eigenvalue weighted by Crippen LogP contribution is -2.38. The quantitative estimate of drug-likeness (QED) is 0.618. The van der Waals surface area contributed by atoms with Crippen LogP contribution in [-0.2, 0) is 0 Å². The number of likely N-dealkylation sites (tertiary alicyclic amines) is 1. The Kier molecular flexibility index (Phi) is 4.78. The van der Waals surface area contributed by atoms with Crippen molar-refractivity contribution < 1.29 is 23.2 Å². The van der Waals surface area contributed by atoms with Crippen molar-refractivity contribution in [3.63, 3.8) is 0 Å². The molecule has 9 heteroatoms. The van der Waals surface area contributed by atoms with E-state index in [0.29, 0.717) is 54.7 Å². The van der Waals surface area contributed by atoms with Gasteiger partial charge in [-0.15, -0.1) is 0 Å². The summed E-state index contributed by atoms with van der Waals surface area (Å²) in [5, 5.41) is 4.21. The van der Waals surface area contributed by atoms with Gasteiger partial charge in [-0.25, -0.2) is 4.39 Å². The molecule has 7 nitrogen and oxygen atoms in total. The van der Waals surface area contributed by atoms with Crippen molar-refractivity contribution in [3.05, 3.63) is 58.7 Å². The maximum absolute atomic E-state index is 13.2. The Hall–Kier alpha value is -3.13. The van der Waals surface area contributed by atoms with Crippen LogP contribution in [0, 0.1) is 5.82 Å². The first-order valence-electron chi connectivity index (χ1n) is 9.56. The van der Waals surface area contributed by atoms with Gasteiger partial charge < -0.3 is 18.9 Å². The van der Waals surface area contributed by atoms with E-state index in [-0.39, 0.29) is 23.6 Å². The van der Waals surface area contributed by atoms with Gasteiger partial charge in [-0.1, -0.05) is 16.8 Å². The van der Waals surface area contributed by atoms with E-state index in [4.69, 9.17) is 25.6 Å². The molecule has 2 aliphatic heterocycles. The zero-order chi connectivity index (χ0) is 20.7. The highest BCUT2D eigenvalue weighted by Crippen LogP contribution is 2.36. The molecule has 1 saturated heterocycles. The molecule has 1 fully saturated rings. The van der Waals surface area contributed by atoms with E-state index in [2.05, 4.69) is 10.1 Å². The van der Waals surface area contributed by atoms with Crippen molar-refractivity contribution in [1.29, 1.82) is 0 Å². The fraction of sp³-hybridized carbons (Fsp3) is 0.286. The first-order valence-corrected chi connectivity index (χ1v) is 9.94. The fourth-order valence-electron chi connectivity index (χ4n) is 3.72. The zero-order valence-corrected chi connectivity index (χ0v) is 16.6. The predicted molar refractivity (Wildman–Crippen MR) is 105 cm³/mol. The lowest BCUT2D eigenvalue weighted by molar-refractivity contribution is 0.0704. The van der Waals surface area contributed by atoms with Crippen LogP contribution in [0.3, 0.4) is 0 Å². The topological polar surface area (TPSA) is 77.7 Å². The minimum atomic E-state index is -0.468. The molecular formula is C21H17ClFN3O4.